The lowest BCUT2D eigenvalue weighted by atomic mass is 10.1. The maximum atomic E-state index is 10.9. The zero-order valence-corrected chi connectivity index (χ0v) is 9.48. The van der Waals surface area contributed by atoms with E-state index in [1.807, 2.05) is 12.1 Å². The molecule has 1 aliphatic heterocycles. The first-order valence-corrected chi connectivity index (χ1v) is 5.63. The van der Waals surface area contributed by atoms with Crippen LogP contribution in [0, 0.1) is 0 Å². The first kappa shape index (κ1) is 11.0. The van der Waals surface area contributed by atoms with E-state index in [0.29, 0.717) is 24.2 Å². The number of rotatable bonds is 2. The summed E-state index contributed by atoms with van der Waals surface area (Å²) < 4.78 is 7.14. The van der Waals surface area contributed by atoms with E-state index in [4.69, 9.17) is 15.6 Å². The van der Waals surface area contributed by atoms with Crippen LogP contribution in [0.25, 0.3) is 5.52 Å². The van der Waals surface area contributed by atoms with E-state index in [0.717, 1.165) is 5.69 Å². The highest BCUT2D eigenvalue weighted by atomic mass is 16.5. The number of carbonyl (C=O) groups is 1. The average Bonchev–Trinajstić information content (AvgIpc) is 2.94. The Morgan fingerprint density at radius 3 is 3.06 bits per heavy atom. The molecule has 0 aliphatic carbocycles. The molecule has 7 heteroatoms. The molecule has 1 fully saturated rings. The number of nitrogens with zero attached hydrogens (tertiary/aromatic N) is 3. The summed E-state index contributed by atoms with van der Waals surface area (Å²) in [4.78, 5) is 14.8. The van der Waals surface area contributed by atoms with Crippen molar-refractivity contribution in [2.45, 2.75) is 25.0 Å². The molecule has 3 rings (SSSR count). The lowest BCUT2D eigenvalue weighted by Crippen LogP contribution is -2.19. The fourth-order valence-electron chi connectivity index (χ4n) is 2.25. The van der Waals surface area contributed by atoms with Gasteiger partial charge in [-0.15, -0.1) is 0 Å². The molecule has 2 atom stereocenters. The Balaban J connectivity index is 1.96. The van der Waals surface area contributed by atoms with Crippen LogP contribution in [0.4, 0.5) is 5.82 Å². The lowest BCUT2D eigenvalue weighted by Gasteiger charge is -2.11. The van der Waals surface area contributed by atoms with E-state index in [1.54, 1.807) is 4.52 Å². The largest absolute Gasteiger partial charge is 0.479 e. The minimum Gasteiger partial charge on any atom is -0.479 e. The van der Waals surface area contributed by atoms with E-state index >= 15 is 0 Å². The molecular weight excluding hydrogens is 236 g/mol. The van der Waals surface area contributed by atoms with E-state index < -0.39 is 12.1 Å². The third kappa shape index (κ3) is 1.60. The summed E-state index contributed by atoms with van der Waals surface area (Å²) in [6.07, 6.45) is 1.54. The molecule has 3 heterocycles. The molecule has 0 saturated carbocycles. The number of carboxylic acids is 1. The van der Waals surface area contributed by atoms with Crippen molar-refractivity contribution in [2.24, 2.45) is 0 Å². The monoisotopic (exact) mass is 248 g/mol. The standard InChI is InChI=1S/C11H12N4O3/c12-10-7-2-1-6(15(7)14-5-13-10)8-3-4-9(18-8)11(16)17/h1-2,5,8-9H,3-4H2,(H,16,17)(H2,12,13,14)/t8-,9+/m1/s1. The van der Waals surface area contributed by atoms with E-state index in [9.17, 15) is 4.79 Å². The van der Waals surface area contributed by atoms with Crippen molar-refractivity contribution in [3.8, 4) is 0 Å². The van der Waals surface area contributed by atoms with Gasteiger partial charge in [-0.1, -0.05) is 0 Å². The molecule has 0 unspecified atom stereocenters. The fraction of sp³-hybridized carbons (Fsp3) is 0.364. The Labute approximate surface area is 102 Å². The average molecular weight is 248 g/mol. The molecule has 94 valence electrons. The normalized spacial score (nSPS) is 23.6. The molecule has 0 bridgehead atoms. The Hall–Kier alpha value is -2.15. The topological polar surface area (TPSA) is 103 Å². The molecule has 0 amide bonds. The minimum atomic E-state index is -0.924. The van der Waals surface area contributed by atoms with Gasteiger partial charge in [0.05, 0.1) is 5.69 Å². The zero-order chi connectivity index (χ0) is 12.7. The zero-order valence-electron chi connectivity index (χ0n) is 9.48. The molecule has 7 nitrogen and oxygen atoms in total. The molecule has 0 aromatic carbocycles. The summed E-state index contributed by atoms with van der Waals surface area (Å²) in [5, 5.41) is 13.0. The second kappa shape index (κ2) is 3.95. The molecule has 0 spiro atoms. The number of nitrogens with two attached hydrogens (primary N) is 1. The molecule has 0 radical (unpaired) electrons. The van der Waals surface area contributed by atoms with Gasteiger partial charge < -0.3 is 15.6 Å². The third-order valence-corrected chi connectivity index (χ3v) is 3.14. The van der Waals surface area contributed by atoms with E-state index in [-0.39, 0.29) is 6.10 Å². The van der Waals surface area contributed by atoms with Crippen LogP contribution >= 0.6 is 0 Å². The highest BCUT2D eigenvalue weighted by Crippen LogP contribution is 2.33. The number of hydrogen-bond acceptors (Lipinski definition) is 5. The maximum absolute atomic E-state index is 10.9. The summed E-state index contributed by atoms with van der Waals surface area (Å²) in [5.74, 6) is -0.531. The van der Waals surface area contributed by atoms with Crippen LogP contribution in [-0.4, -0.2) is 31.8 Å². The third-order valence-electron chi connectivity index (χ3n) is 3.14. The summed E-state index contributed by atoms with van der Waals surface area (Å²) >= 11 is 0. The molecule has 1 aliphatic rings. The Morgan fingerprint density at radius 2 is 2.33 bits per heavy atom. The number of aromatic nitrogens is 3. The van der Waals surface area contributed by atoms with Crippen molar-refractivity contribution < 1.29 is 14.6 Å². The maximum Gasteiger partial charge on any atom is 0.332 e. The summed E-state index contributed by atoms with van der Waals surface area (Å²) in [6, 6.07) is 3.65. The van der Waals surface area contributed by atoms with Gasteiger partial charge in [-0.05, 0) is 25.0 Å². The first-order chi connectivity index (χ1) is 8.66. The van der Waals surface area contributed by atoms with Gasteiger partial charge in [0.15, 0.2) is 11.9 Å². The Morgan fingerprint density at radius 1 is 1.50 bits per heavy atom. The van der Waals surface area contributed by atoms with Crippen molar-refractivity contribution in [3.05, 3.63) is 24.2 Å². The second-order valence-electron chi connectivity index (χ2n) is 4.23. The van der Waals surface area contributed by atoms with Gasteiger partial charge in [-0.3, -0.25) is 0 Å². The predicted octanol–water partition coefficient (Wildman–Crippen LogP) is 0.616. The van der Waals surface area contributed by atoms with E-state index in [1.165, 1.54) is 6.33 Å². The van der Waals surface area contributed by atoms with Gasteiger partial charge in [0.1, 0.15) is 17.9 Å². The number of fused-ring (bicyclic) bond motifs is 1. The van der Waals surface area contributed by atoms with Gasteiger partial charge in [-0.2, -0.15) is 5.10 Å². The van der Waals surface area contributed by atoms with Gasteiger partial charge in [0.2, 0.25) is 0 Å². The molecule has 2 aromatic heterocycles. The summed E-state index contributed by atoms with van der Waals surface area (Å²) in [7, 11) is 0. The molecule has 2 aromatic rings. The van der Waals surface area contributed by atoms with Crippen molar-refractivity contribution in [3.63, 3.8) is 0 Å². The number of ether oxygens (including phenoxy) is 1. The van der Waals surface area contributed by atoms with Crippen LogP contribution in [0.1, 0.15) is 24.6 Å². The quantitative estimate of drug-likeness (QED) is 0.807. The Kier molecular flexibility index (Phi) is 2.41. The highest BCUT2D eigenvalue weighted by molar-refractivity contribution is 5.72. The summed E-state index contributed by atoms with van der Waals surface area (Å²) in [5.41, 5.74) is 7.25. The molecular formula is C11H12N4O3. The smallest absolute Gasteiger partial charge is 0.332 e. The Bertz CT molecular complexity index is 609. The molecule has 18 heavy (non-hydrogen) atoms. The van der Waals surface area contributed by atoms with Crippen LogP contribution in [0.15, 0.2) is 18.5 Å². The summed E-state index contributed by atoms with van der Waals surface area (Å²) in [6.45, 7) is 0. The van der Waals surface area contributed by atoms with Crippen LogP contribution in [0.3, 0.4) is 0 Å². The van der Waals surface area contributed by atoms with Crippen molar-refractivity contribution >= 4 is 17.3 Å². The lowest BCUT2D eigenvalue weighted by molar-refractivity contribution is -0.149. The van der Waals surface area contributed by atoms with Crippen LogP contribution in [-0.2, 0) is 9.53 Å². The van der Waals surface area contributed by atoms with Crippen LogP contribution in [0.2, 0.25) is 0 Å². The molecule has 3 N–H and O–H groups in total. The number of nitrogen functional groups attached to an aromatic ring is 1. The van der Waals surface area contributed by atoms with E-state index in [2.05, 4.69) is 10.1 Å². The van der Waals surface area contributed by atoms with Crippen molar-refractivity contribution in [1.29, 1.82) is 0 Å². The van der Waals surface area contributed by atoms with Crippen molar-refractivity contribution in [1.82, 2.24) is 14.6 Å². The van der Waals surface area contributed by atoms with Crippen molar-refractivity contribution in [2.75, 3.05) is 5.73 Å². The van der Waals surface area contributed by atoms with Gasteiger partial charge in [0.25, 0.3) is 0 Å². The van der Waals surface area contributed by atoms with Gasteiger partial charge in [0, 0.05) is 0 Å². The van der Waals surface area contributed by atoms with Gasteiger partial charge >= 0.3 is 5.97 Å². The number of aliphatic carboxylic acids is 1. The fourth-order valence-corrected chi connectivity index (χ4v) is 2.25. The molecule has 1 saturated heterocycles. The van der Waals surface area contributed by atoms with Crippen LogP contribution < -0.4 is 5.73 Å². The van der Waals surface area contributed by atoms with Gasteiger partial charge in [-0.25, -0.2) is 14.3 Å². The number of anilines is 1. The first-order valence-electron chi connectivity index (χ1n) is 5.63. The SMILES string of the molecule is Nc1ncnn2c([C@H]3CC[C@@H](C(=O)O)O3)ccc12. The second-order valence-corrected chi connectivity index (χ2v) is 4.23. The minimum absolute atomic E-state index is 0.261. The van der Waals surface area contributed by atoms with Crippen LogP contribution in [0.5, 0.6) is 0 Å². The highest BCUT2D eigenvalue weighted by Gasteiger charge is 2.33. The number of hydrogen-bond donors (Lipinski definition) is 2. The predicted molar refractivity (Wildman–Crippen MR) is 61.9 cm³/mol. The number of carboxylic acid groups (broad SMARTS) is 1.